The number of benzene rings is 1. The first kappa shape index (κ1) is 18.4. The lowest BCUT2D eigenvalue weighted by molar-refractivity contribution is -0.142. The molecule has 0 amide bonds. The monoisotopic (exact) mass is 368 g/mol. The maximum Gasteiger partial charge on any atom is 0.311 e. The summed E-state index contributed by atoms with van der Waals surface area (Å²) in [5.74, 6) is -0.385. The largest absolute Gasteiger partial charge is 0.466 e. The van der Waals surface area contributed by atoms with E-state index in [0.717, 1.165) is 29.7 Å². The second kappa shape index (κ2) is 8.25. The van der Waals surface area contributed by atoms with E-state index in [-0.39, 0.29) is 22.4 Å². The van der Waals surface area contributed by atoms with Crippen LogP contribution in [-0.4, -0.2) is 26.0 Å². The molecule has 0 radical (unpaired) electrons. The summed E-state index contributed by atoms with van der Waals surface area (Å²) >= 11 is 1.13. The molecule has 0 saturated heterocycles. The van der Waals surface area contributed by atoms with Crippen LogP contribution >= 0.6 is 11.3 Å². The highest BCUT2D eigenvalue weighted by Crippen LogP contribution is 2.21. The summed E-state index contributed by atoms with van der Waals surface area (Å²) in [5.41, 5.74) is 1.58. The molecule has 0 aliphatic rings. The van der Waals surface area contributed by atoms with Gasteiger partial charge in [0.05, 0.1) is 23.6 Å². The molecule has 0 spiro atoms. The zero-order chi connectivity index (χ0) is 17.6. The van der Waals surface area contributed by atoms with E-state index < -0.39 is 10.0 Å². The van der Waals surface area contributed by atoms with Crippen LogP contribution in [0.5, 0.6) is 0 Å². The predicted molar refractivity (Wildman–Crippen MR) is 93.7 cm³/mol. The van der Waals surface area contributed by atoms with Crippen molar-refractivity contribution in [3.8, 4) is 0 Å². The molecule has 8 heteroatoms. The fourth-order valence-electron chi connectivity index (χ4n) is 2.09. The number of ether oxygens (including phenoxy) is 1. The van der Waals surface area contributed by atoms with E-state index in [1.54, 1.807) is 24.4 Å². The highest BCUT2D eigenvalue weighted by molar-refractivity contribution is 7.93. The van der Waals surface area contributed by atoms with Crippen molar-refractivity contribution in [3.63, 3.8) is 0 Å². The van der Waals surface area contributed by atoms with Gasteiger partial charge in [0.2, 0.25) is 0 Å². The standard InChI is InChI=1S/C16H20N2O4S2/c1-3-5-12-6-8-14(9-7-12)24(20,21)18-16-17-13(11-23-16)10-15(19)22-4-2/h6-9,11H,3-5,10H2,1-2H3,(H,17,18). The average molecular weight is 368 g/mol. The zero-order valence-electron chi connectivity index (χ0n) is 13.6. The number of aryl methyl sites for hydroxylation is 1. The molecule has 1 aromatic carbocycles. The van der Waals surface area contributed by atoms with Gasteiger partial charge in [0.25, 0.3) is 10.0 Å². The predicted octanol–water partition coefficient (Wildman–Crippen LogP) is 3.00. The fourth-order valence-corrected chi connectivity index (χ4v) is 4.06. The number of carbonyl (C=O) groups excluding carboxylic acids is 1. The normalized spacial score (nSPS) is 11.2. The molecule has 1 N–H and O–H groups in total. The van der Waals surface area contributed by atoms with Crippen molar-refractivity contribution in [2.45, 2.75) is 38.0 Å². The number of nitrogens with one attached hydrogen (secondary N) is 1. The average Bonchev–Trinajstić information content (AvgIpc) is 2.94. The van der Waals surface area contributed by atoms with Crippen molar-refractivity contribution in [1.82, 2.24) is 4.98 Å². The van der Waals surface area contributed by atoms with Crippen LogP contribution in [0.3, 0.4) is 0 Å². The lowest BCUT2D eigenvalue weighted by Gasteiger charge is -2.06. The lowest BCUT2D eigenvalue weighted by Crippen LogP contribution is -2.13. The summed E-state index contributed by atoms with van der Waals surface area (Å²) in [6.45, 7) is 4.10. The highest BCUT2D eigenvalue weighted by atomic mass is 32.2. The van der Waals surface area contributed by atoms with Gasteiger partial charge in [0, 0.05) is 5.38 Å². The third kappa shape index (κ3) is 5.04. The van der Waals surface area contributed by atoms with E-state index in [9.17, 15) is 13.2 Å². The van der Waals surface area contributed by atoms with E-state index >= 15 is 0 Å². The molecule has 1 aromatic heterocycles. The molecule has 2 rings (SSSR count). The Morgan fingerprint density at radius 3 is 2.58 bits per heavy atom. The summed E-state index contributed by atoms with van der Waals surface area (Å²) < 4.78 is 32.0. The molecular weight excluding hydrogens is 348 g/mol. The number of nitrogens with zero attached hydrogens (tertiary/aromatic N) is 1. The van der Waals surface area contributed by atoms with Gasteiger partial charge in [-0.2, -0.15) is 0 Å². The Bertz CT molecular complexity index is 783. The molecule has 0 aliphatic carbocycles. The molecule has 1 heterocycles. The van der Waals surface area contributed by atoms with Gasteiger partial charge in [-0.25, -0.2) is 13.4 Å². The van der Waals surface area contributed by atoms with Gasteiger partial charge in [-0.3, -0.25) is 9.52 Å². The molecule has 24 heavy (non-hydrogen) atoms. The maximum absolute atomic E-state index is 12.4. The number of hydrogen-bond acceptors (Lipinski definition) is 6. The van der Waals surface area contributed by atoms with Crippen LogP contribution in [-0.2, 0) is 32.4 Å². The Morgan fingerprint density at radius 2 is 1.96 bits per heavy atom. The molecular formula is C16H20N2O4S2. The Labute approximate surface area is 145 Å². The van der Waals surface area contributed by atoms with Gasteiger partial charge in [0.1, 0.15) is 0 Å². The minimum Gasteiger partial charge on any atom is -0.466 e. The summed E-state index contributed by atoms with van der Waals surface area (Å²) in [4.78, 5) is 15.7. The molecule has 0 saturated carbocycles. The van der Waals surface area contributed by atoms with Crippen molar-refractivity contribution in [2.24, 2.45) is 0 Å². The van der Waals surface area contributed by atoms with E-state index in [1.165, 1.54) is 0 Å². The van der Waals surface area contributed by atoms with Crippen LogP contribution in [0.2, 0.25) is 0 Å². The van der Waals surface area contributed by atoms with Gasteiger partial charge in [0.15, 0.2) is 5.13 Å². The number of aromatic nitrogens is 1. The number of anilines is 1. The summed E-state index contributed by atoms with van der Waals surface area (Å²) in [6, 6.07) is 6.79. The van der Waals surface area contributed by atoms with Crippen molar-refractivity contribution in [1.29, 1.82) is 0 Å². The minimum absolute atomic E-state index is 0.0256. The molecule has 6 nitrogen and oxygen atoms in total. The summed E-state index contributed by atoms with van der Waals surface area (Å²) in [5, 5.41) is 1.87. The summed E-state index contributed by atoms with van der Waals surface area (Å²) in [7, 11) is -3.69. The number of rotatable bonds is 8. The number of hydrogen-bond donors (Lipinski definition) is 1. The molecule has 130 valence electrons. The molecule has 0 fully saturated rings. The maximum atomic E-state index is 12.4. The summed E-state index contributed by atoms with van der Waals surface area (Å²) in [6.07, 6.45) is 1.95. The Morgan fingerprint density at radius 1 is 1.25 bits per heavy atom. The van der Waals surface area contributed by atoms with Gasteiger partial charge in [-0.15, -0.1) is 11.3 Å². The first-order chi connectivity index (χ1) is 11.4. The van der Waals surface area contributed by atoms with Crippen molar-refractivity contribution in [3.05, 3.63) is 40.9 Å². The van der Waals surface area contributed by atoms with E-state index in [1.807, 2.05) is 12.1 Å². The van der Waals surface area contributed by atoms with Crippen molar-refractivity contribution >= 4 is 32.5 Å². The van der Waals surface area contributed by atoms with Crippen LogP contribution in [0.4, 0.5) is 5.13 Å². The number of carbonyl (C=O) groups is 1. The van der Waals surface area contributed by atoms with Gasteiger partial charge >= 0.3 is 5.97 Å². The third-order valence-corrected chi connectivity index (χ3v) is 5.47. The number of esters is 1. The fraction of sp³-hybridized carbons (Fsp3) is 0.375. The molecule has 0 unspecified atom stereocenters. The molecule has 0 atom stereocenters. The number of sulfonamides is 1. The Kier molecular flexibility index (Phi) is 6.33. The first-order valence-corrected chi connectivity index (χ1v) is 10.0. The topological polar surface area (TPSA) is 85.4 Å². The SMILES string of the molecule is CCCc1ccc(S(=O)(=O)Nc2nc(CC(=O)OCC)cs2)cc1. The van der Waals surface area contributed by atoms with Crippen LogP contribution in [0.15, 0.2) is 34.5 Å². The molecule has 0 bridgehead atoms. The minimum atomic E-state index is -3.69. The van der Waals surface area contributed by atoms with Crippen LogP contribution in [0.1, 0.15) is 31.5 Å². The van der Waals surface area contributed by atoms with Crippen LogP contribution in [0, 0.1) is 0 Å². The van der Waals surface area contributed by atoms with E-state index in [0.29, 0.717) is 12.3 Å². The van der Waals surface area contributed by atoms with Crippen molar-refractivity contribution in [2.75, 3.05) is 11.3 Å². The third-order valence-electron chi connectivity index (χ3n) is 3.18. The second-order valence-electron chi connectivity index (χ2n) is 5.13. The van der Waals surface area contributed by atoms with Crippen LogP contribution < -0.4 is 4.72 Å². The second-order valence-corrected chi connectivity index (χ2v) is 7.67. The molecule has 2 aromatic rings. The smallest absolute Gasteiger partial charge is 0.311 e. The Hall–Kier alpha value is -1.93. The van der Waals surface area contributed by atoms with Gasteiger partial charge in [-0.05, 0) is 31.0 Å². The first-order valence-electron chi connectivity index (χ1n) is 7.66. The highest BCUT2D eigenvalue weighted by Gasteiger charge is 2.17. The number of thiazole rings is 1. The van der Waals surface area contributed by atoms with Gasteiger partial charge < -0.3 is 4.74 Å². The quantitative estimate of drug-likeness (QED) is 0.724. The Balaban J connectivity index is 2.06. The molecule has 0 aliphatic heterocycles. The zero-order valence-corrected chi connectivity index (χ0v) is 15.2. The van der Waals surface area contributed by atoms with Gasteiger partial charge in [-0.1, -0.05) is 25.5 Å². The lowest BCUT2D eigenvalue weighted by atomic mass is 10.1. The van der Waals surface area contributed by atoms with Crippen LogP contribution in [0.25, 0.3) is 0 Å². The van der Waals surface area contributed by atoms with Crippen molar-refractivity contribution < 1.29 is 17.9 Å². The van der Waals surface area contributed by atoms with E-state index in [2.05, 4.69) is 16.6 Å². The van der Waals surface area contributed by atoms with E-state index in [4.69, 9.17) is 4.74 Å².